The van der Waals surface area contributed by atoms with Gasteiger partial charge < -0.3 is 9.94 Å². The second kappa shape index (κ2) is 7.73. The van der Waals surface area contributed by atoms with Crippen LogP contribution in [0.15, 0.2) is 29.7 Å². The lowest BCUT2D eigenvalue weighted by atomic mass is 9.94. The molecule has 1 atom stereocenters. The van der Waals surface area contributed by atoms with Crippen LogP contribution in [-0.4, -0.2) is 33.6 Å². The van der Waals surface area contributed by atoms with Gasteiger partial charge in [0.05, 0.1) is 0 Å². The predicted molar refractivity (Wildman–Crippen MR) is 83.2 cm³/mol. The summed E-state index contributed by atoms with van der Waals surface area (Å²) >= 11 is 6.01. The molecule has 1 heterocycles. The Hall–Kier alpha value is -1.17. The van der Waals surface area contributed by atoms with Crippen molar-refractivity contribution in [1.29, 1.82) is 0 Å². The van der Waals surface area contributed by atoms with Crippen molar-refractivity contribution >= 4 is 16.8 Å². The predicted octanol–water partition coefficient (Wildman–Crippen LogP) is 2.63. The molecule has 0 aliphatic heterocycles. The average molecular weight is 312 g/mol. The van der Waals surface area contributed by atoms with Crippen LogP contribution >= 0.6 is 11.6 Å². The van der Waals surface area contributed by atoms with Gasteiger partial charge in [-0.1, -0.05) is 36.0 Å². The van der Waals surface area contributed by atoms with Crippen LogP contribution in [0.3, 0.4) is 0 Å². The molecule has 0 aromatic carbocycles. The highest BCUT2D eigenvalue weighted by atomic mass is 35.5. The topological polar surface area (TPSA) is 66.7 Å². The fourth-order valence-corrected chi connectivity index (χ4v) is 2.64. The molecule has 6 heteroatoms. The Bertz CT molecular complexity index is 459. The molecular weight excluding hydrogens is 290 g/mol. The number of nitrogens with zero attached hydrogens (tertiary/aromatic N) is 2. The van der Waals surface area contributed by atoms with Gasteiger partial charge in [-0.2, -0.15) is 0 Å². The van der Waals surface area contributed by atoms with Crippen molar-refractivity contribution in [2.45, 2.75) is 50.8 Å². The maximum absolute atomic E-state index is 10.3. The lowest BCUT2D eigenvalue weighted by molar-refractivity contribution is -0.0645. The smallest absolute Gasteiger partial charge is 0.177 e. The molecule has 2 N–H and O–H groups in total. The SMILES string of the molecule is CC(O)(CON=C(Cl)c1cccnc1)NC1CCCCC1. The highest BCUT2D eigenvalue weighted by molar-refractivity contribution is 6.69. The molecule has 0 spiro atoms. The monoisotopic (exact) mass is 311 g/mol. The van der Waals surface area contributed by atoms with Gasteiger partial charge in [-0.05, 0) is 31.9 Å². The molecule has 1 aliphatic carbocycles. The zero-order chi connectivity index (χ0) is 15.1. The van der Waals surface area contributed by atoms with Crippen molar-refractivity contribution in [3.63, 3.8) is 0 Å². The van der Waals surface area contributed by atoms with E-state index in [0.29, 0.717) is 11.6 Å². The first-order chi connectivity index (χ1) is 10.1. The zero-order valence-electron chi connectivity index (χ0n) is 12.3. The zero-order valence-corrected chi connectivity index (χ0v) is 13.0. The van der Waals surface area contributed by atoms with Gasteiger partial charge in [0, 0.05) is 24.0 Å². The number of halogens is 1. The van der Waals surface area contributed by atoms with E-state index in [1.165, 1.54) is 19.3 Å². The number of aliphatic hydroxyl groups is 1. The lowest BCUT2D eigenvalue weighted by Crippen LogP contribution is -2.51. The van der Waals surface area contributed by atoms with Crippen molar-refractivity contribution in [2.24, 2.45) is 5.16 Å². The molecule has 1 aliphatic rings. The van der Waals surface area contributed by atoms with Crippen molar-refractivity contribution in [1.82, 2.24) is 10.3 Å². The first kappa shape index (κ1) is 16.2. The van der Waals surface area contributed by atoms with Crippen LogP contribution < -0.4 is 5.32 Å². The molecule has 1 aromatic heterocycles. The van der Waals surface area contributed by atoms with Gasteiger partial charge in [0.15, 0.2) is 11.8 Å². The Morgan fingerprint density at radius 2 is 2.29 bits per heavy atom. The number of rotatable bonds is 6. The van der Waals surface area contributed by atoms with Gasteiger partial charge in [0.1, 0.15) is 5.72 Å². The normalized spacial score (nSPS) is 20.0. The van der Waals surface area contributed by atoms with E-state index in [9.17, 15) is 5.11 Å². The molecule has 0 bridgehead atoms. The first-order valence-electron chi connectivity index (χ1n) is 7.33. The van der Waals surface area contributed by atoms with E-state index >= 15 is 0 Å². The van der Waals surface area contributed by atoms with Crippen LogP contribution in [0.2, 0.25) is 0 Å². The maximum Gasteiger partial charge on any atom is 0.177 e. The number of pyridine rings is 1. The van der Waals surface area contributed by atoms with Gasteiger partial charge >= 0.3 is 0 Å². The standard InChI is InChI=1S/C15H22ClN3O2/c1-15(20,18-13-7-3-2-4-8-13)11-21-19-14(16)12-6-5-9-17-10-12/h5-6,9-10,13,18,20H,2-4,7-8,11H2,1H3. The molecule has 0 radical (unpaired) electrons. The lowest BCUT2D eigenvalue weighted by Gasteiger charge is -2.31. The summed E-state index contributed by atoms with van der Waals surface area (Å²) in [6.45, 7) is 1.73. The molecule has 116 valence electrons. The van der Waals surface area contributed by atoms with E-state index in [-0.39, 0.29) is 11.8 Å². The van der Waals surface area contributed by atoms with Crippen LogP contribution in [0.25, 0.3) is 0 Å². The quantitative estimate of drug-likeness (QED) is 0.481. The van der Waals surface area contributed by atoms with Crippen molar-refractivity contribution in [3.8, 4) is 0 Å². The minimum Gasteiger partial charge on any atom is -0.390 e. The number of hydrogen-bond donors (Lipinski definition) is 2. The van der Waals surface area contributed by atoms with Crippen LogP contribution in [0.5, 0.6) is 0 Å². The summed E-state index contributed by atoms with van der Waals surface area (Å²) in [7, 11) is 0. The Labute approximate surface area is 130 Å². The molecular formula is C15H22ClN3O2. The Kier molecular flexibility index (Phi) is 5.96. The van der Waals surface area contributed by atoms with Crippen LogP contribution in [-0.2, 0) is 4.84 Å². The summed E-state index contributed by atoms with van der Waals surface area (Å²) in [6.07, 6.45) is 9.15. The first-order valence-corrected chi connectivity index (χ1v) is 7.70. The fraction of sp³-hybridized carbons (Fsp3) is 0.600. The number of oxime groups is 1. The van der Waals surface area contributed by atoms with Gasteiger partial charge in [-0.15, -0.1) is 0 Å². The highest BCUT2D eigenvalue weighted by Gasteiger charge is 2.26. The van der Waals surface area contributed by atoms with E-state index in [1.54, 1.807) is 31.5 Å². The third kappa shape index (κ3) is 5.61. The third-order valence-electron chi connectivity index (χ3n) is 3.51. The molecule has 1 fully saturated rings. The van der Waals surface area contributed by atoms with Gasteiger partial charge in [0.2, 0.25) is 0 Å². The van der Waals surface area contributed by atoms with E-state index in [2.05, 4.69) is 15.5 Å². The Morgan fingerprint density at radius 1 is 1.52 bits per heavy atom. The number of nitrogens with one attached hydrogen (secondary N) is 1. The van der Waals surface area contributed by atoms with Gasteiger partial charge in [0.25, 0.3) is 0 Å². The molecule has 1 saturated carbocycles. The van der Waals surface area contributed by atoms with Crippen molar-refractivity contribution in [2.75, 3.05) is 6.61 Å². The van der Waals surface area contributed by atoms with Gasteiger partial charge in [-0.25, -0.2) is 0 Å². The van der Waals surface area contributed by atoms with Gasteiger partial charge in [-0.3, -0.25) is 10.3 Å². The maximum atomic E-state index is 10.3. The third-order valence-corrected chi connectivity index (χ3v) is 3.80. The molecule has 2 rings (SSSR count). The van der Waals surface area contributed by atoms with Crippen molar-refractivity contribution < 1.29 is 9.94 Å². The summed E-state index contributed by atoms with van der Waals surface area (Å²) in [5, 5.41) is 17.5. The van der Waals surface area contributed by atoms with Crippen molar-refractivity contribution in [3.05, 3.63) is 30.1 Å². The summed E-state index contributed by atoms with van der Waals surface area (Å²) in [6, 6.07) is 3.91. The summed E-state index contributed by atoms with van der Waals surface area (Å²) in [5.74, 6) is 0. The average Bonchev–Trinajstić information content (AvgIpc) is 2.48. The molecule has 1 unspecified atom stereocenters. The van der Waals surface area contributed by atoms with E-state index in [4.69, 9.17) is 16.4 Å². The van der Waals surface area contributed by atoms with E-state index in [0.717, 1.165) is 12.8 Å². The van der Waals surface area contributed by atoms with E-state index < -0.39 is 5.72 Å². The number of aromatic nitrogens is 1. The minimum atomic E-state index is -1.11. The summed E-state index contributed by atoms with van der Waals surface area (Å²) in [4.78, 5) is 9.13. The fourth-order valence-electron chi connectivity index (χ4n) is 2.48. The Balaban J connectivity index is 1.80. The molecule has 0 saturated heterocycles. The molecule has 21 heavy (non-hydrogen) atoms. The highest BCUT2D eigenvalue weighted by Crippen LogP contribution is 2.19. The largest absolute Gasteiger partial charge is 0.390 e. The second-order valence-corrected chi connectivity index (χ2v) is 6.01. The van der Waals surface area contributed by atoms with Crippen LogP contribution in [0.4, 0.5) is 0 Å². The van der Waals surface area contributed by atoms with Crippen LogP contribution in [0.1, 0.15) is 44.6 Å². The molecule has 5 nitrogen and oxygen atoms in total. The van der Waals surface area contributed by atoms with E-state index in [1.807, 2.05) is 0 Å². The van der Waals surface area contributed by atoms with Crippen LogP contribution in [0, 0.1) is 0 Å². The second-order valence-electron chi connectivity index (χ2n) is 5.65. The number of hydrogen-bond acceptors (Lipinski definition) is 5. The minimum absolute atomic E-state index is 0.0416. The summed E-state index contributed by atoms with van der Waals surface area (Å²) in [5.41, 5.74) is -0.434. The Morgan fingerprint density at radius 3 is 2.95 bits per heavy atom. The summed E-state index contributed by atoms with van der Waals surface area (Å²) < 4.78 is 0. The molecule has 0 amide bonds. The molecule has 1 aromatic rings.